The van der Waals surface area contributed by atoms with E-state index in [1.165, 1.54) is 0 Å². The first-order valence-electron chi connectivity index (χ1n) is 6.72. The SMILES string of the molecule is C#C[C@@H]1[C@H](F)[C@H](O)[C@@H]([C@H](O)C(F)(F)F)O[C@@H]1SC(NC)N(C)C. The van der Waals surface area contributed by atoms with Crippen LogP contribution >= 0.6 is 11.8 Å². The number of nitrogens with zero attached hydrogens (tertiary/aromatic N) is 1. The third-order valence-corrected chi connectivity index (χ3v) is 5.00. The third-order valence-electron chi connectivity index (χ3n) is 3.41. The minimum absolute atomic E-state index is 0.415. The fraction of sp³-hybridized carbons (Fsp3) is 0.846. The minimum Gasteiger partial charge on any atom is -0.387 e. The van der Waals surface area contributed by atoms with Gasteiger partial charge >= 0.3 is 6.18 Å². The van der Waals surface area contributed by atoms with Crippen LogP contribution in [0.5, 0.6) is 0 Å². The molecule has 7 atom stereocenters. The van der Waals surface area contributed by atoms with Crippen LogP contribution < -0.4 is 5.32 Å². The number of aliphatic hydroxyl groups excluding tert-OH is 2. The molecule has 0 spiro atoms. The molecule has 134 valence electrons. The van der Waals surface area contributed by atoms with Crippen LogP contribution in [0.15, 0.2) is 0 Å². The van der Waals surface area contributed by atoms with Crippen molar-refractivity contribution in [2.24, 2.45) is 5.92 Å². The second-order valence-corrected chi connectivity index (χ2v) is 6.51. The average molecular weight is 360 g/mol. The summed E-state index contributed by atoms with van der Waals surface area (Å²) in [7, 11) is 5.01. The lowest BCUT2D eigenvalue weighted by Crippen LogP contribution is -2.59. The van der Waals surface area contributed by atoms with Gasteiger partial charge < -0.3 is 14.9 Å². The van der Waals surface area contributed by atoms with Crippen LogP contribution in [0.25, 0.3) is 0 Å². The van der Waals surface area contributed by atoms with Crippen LogP contribution in [0.3, 0.4) is 0 Å². The lowest BCUT2D eigenvalue weighted by Gasteiger charge is -2.42. The Kier molecular flexibility index (Phi) is 7.12. The number of nitrogens with one attached hydrogen (secondary N) is 1. The Morgan fingerprint density at radius 3 is 2.35 bits per heavy atom. The summed E-state index contributed by atoms with van der Waals surface area (Å²) in [5.41, 5.74) is -1.58. The van der Waals surface area contributed by atoms with Crippen molar-refractivity contribution in [2.45, 2.75) is 41.6 Å². The van der Waals surface area contributed by atoms with Gasteiger partial charge in [-0.25, -0.2) is 4.39 Å². The van der Waals surface area contributed by atoms with Crippen LogP contribution in [-0.4, -0.2) is 77.8 Å². The van der Waals surface area contributed by atoms with E-state index in [9.17, 15) is 27.8 Å². The zero-order valence-corrected chi connectivity index (χ0v) is 13.6. The van der Waals surface area contributed by atoms with E-state index in [-0.39, 0.29) is 0 Å². The fourth-order valence-electron chi connectivity index (χ4n) is 2.17. The predicted molar refractivity (Wildman–Crippen MR) is 78.1 cm³/mol. The first-order valence-corrected chi connectivity index (χ1v) is 7.66. The Morgan fingerprint density at radius 1 is 1.39 bits per heavy atom. The summed E-state index contributed by atoms with van der Waals surface area (Å²) in [6.07, 6.45) is -9.29. The number of ether oxygens (including phenoxy) is 1. The number of terminal acetylenes is 1. The Morgan fingerprint density at radius 2 is 1.96 bits per heavy atom. The molecule has 3 N–H and O–H groups in total. The summed E-state index contributed by atoms with van der Waals surface area (Å²) in [4.78, 5) is 1.69. The quantitative estimate of drug-likeness (QED) is 0.374. The average Bonchev–Trinajstić information content (AvgIpc) is 2.46. The molecule has 5 nitrogen and oxygen atoms in total. The van der Waals surface area contributed by atoms with Crippen LogP contribution in [0.4, 0.5) is 17.6 Å². The predicted octanol–water partition coefficient (Wildman–Crippen LogP) is 0.381. The fourth-order valence-corrected chi connectivity index (χ4v) is 3.40. The molecule has 1 aliphatic heterocycles. The van der Waals surface area contributed by atoms with E-state index in [0.29, 0.717) is 0 Å². The zero-order valence-electron chi connectivity index (χ0n) is 12.8. The topological polar surface area (TPSA) is 65.0 Å². The highest BCUT2D eigenvalue weighted by molar-refractivity contribution is 8.00. The van der Waals surface area contributed by atoms with Crippen molar-refractivity contribution in [1.29, 1.82) is 0 Å². The van der Waals surface area contributed by atoms with Gasteiger partial charge in [0, 0.05) is 0 Å². The van der Waals surface area contributed by atoms with Gasteiger partial charge in [-0.3, -0.25) is 10.2 Å². The van der Waals surface area contributed by atoms with E-state index in [0.717, 1.165) is 11.8 Å². The summed E-state index contributed by atoms with van der Waals surface area (Å²) in [6.45, 7) is 0. The monoisotopic (exact) mass is 360 g/mol. The molecule has 0 bridgehead atoms. The van der Waals surface area contributed by atoms with Crippen molar-refractivity contribution in [3.8, 4) is 12.3 Å². The molecular formula is C13H20F4N2O3S. The van der Waals surface area contributed by atoms with E-state index in [1.807, 2.05) is 0 Å². The zero-order chi connectivity index (χ0) is 17.9. The van der Waals surface area contributed by atoms with Gasteiger partial charge in [-0.15, -0.1) is 6.42 Å². The van der Waals surface area contributed by atoms with Crippen molar-refractivity contribution >= 4 is 11.8 Å². The Bertz CT molecular complexity index is 432. The Balaban J connectivity index is 3.01. The van der Waals surface area contributed by atoms with Crippen molar-refractivity contribution in [1.82, 2.24) is 10.2 Å². The number of aliphatic hydroxyl groups is 2. The van der Waals surface area contributed by atoms with Crippen LogP contribution in [0.1, 0.15) is 0 Å². The first kappa shape index (κ1) is 20.5. The van der Waals surface area contributed by atoms with E-state index in [1.54, 1.807) is 26.0 Å². The third kappa shape index (κ3) is 4.71. The van der Waals surface area contributed by atoms with Crippen molar-refractivity contribution in [3.05, 3.63) is 0 Å². The number of halogens is 4. The van der Waals surface area contributed by atoms with Crippen molar-refractivity contribution in [3.63, 3.8) is 0 Å². The standard InChI is InChI=1S/C13H20F4N2O3S/c1-5-6-7(14)8(20)9(10(21)13(15,16)17)22-11(6)23-12(18-2)19(3)4/h1,6-12,18,20-21H,2-4H3/t6-,7+,8+,9+,10+,11-,12?/m1/s1. The smallest absolute Gasteiger partial charge is 0.387 e. The van der Waals surface area contributed by atoms with Crippen molar-refractivity contribution in [2.75, 3.05) is 21.1 Å². The largest absolute Gasteiger partial charge is 0.417 e. The van der Waals surface area contributed by atoms with Gasteiger partial charge in [-0.05, 0) is 21.1 Å². The first-order chi connectivity index (χ1) is 10.5. The lowest BCUT2D eigenvalue weighted by atomic mass is 9.91. The highest BCUT2D eigenvalue weighted by Crippen LogP contribution is 2.39. The maximum atomic E-state index is 14.2. The number of alkyl halides is 4. The normalized spacial score (nSPS) is 34.9. The molecule has 0 aliphatic carbocycles. The van der Waals surface area contributed by atoms with Gasteiger partial charge in [0.2, 0.25) is 0 Å². The highest BCUT2D eigenvalue weighted by atomic mass is 32.2. The van der Waals surface area contributed by atoms with Gasteiger partial charge in [0.05, 0.1) is 5.92 Å². The van der Waals surface area contributed by atoms with Crippen LogP contribution in [-0.2, 0) is 4.74 Å². The molecule has 1 heterocycles. The molecule has 0 radical (unpaired) electrons. The molecule has 1 fully saturated rings. The molecular weight excluding hydrogens is 340 g/mol. The number of hydrogen-bond acceptors (Lipinski definition) is 6. The molecule has 1 aliphatic rings. The molecule has 0 aromatic rings. The maximum absolute atomic E-state index is 14.2. The number of rotatable bonds is 5. The van der Waals surface area contributed by atoms with Gasteiger partial charge in [0.15, 0.2) is 6.10 Å². The van der Waals surface area contributed by atoms with E-state index >= 15 is 0 Å². The van der Waals surface area contributed by atoms with Gasteiger partial charge in [0.25, 0.3) is 0 Å². The van der Waals surface area contributed by atoms with Gasteiger partial charge in [-0.1, -0.05) is 17.7 Å². The maximum Gasteiger partial charge on any atom is 0.417 e. The molecule has 10 heteroatoms. The summed E-state index contributed by atoms with van der Waals surface area (Å²) in [5, 5.41) is 21.9. The highest BCUT2D eigenvalue weighted by Gasteiger charge is 2.55. The summed E-state index contributed by atoms with van der Waals surface area (Å²) >= 11 is 0.965. The summed E-state index contributed by atoms with van der Waals surface area (Å²) in [5.74, 6) is 0.863. The van der Waals surface area contributed by atoms with Crippen molar-refractivity contribution < 1.29 is 32.5 Å². The Hall–Kier alpha value is -0.570. The second-order valence-electron chi connectivity index (χ2n) is 5.32. The van der Waals surface area contributed by atoms with E-state index < -0.39 is 47.5 Å². The molecule has 0 aromatic heterocycles. The second kappa shape index (κ2) is 8.00. The summed E-state index contributed by atoms with van der Waals surface area (Å²) in [6, 6.07) is 0. The van der Waals surface area contributed by atoms with Crippen LogP contribution in [0, 0.1) is 18.3 Å². The number of thioether (sulfide) groups is 1. The molecule has 23 heavy (non-hydrogen) atoms. The molecule has 1 saturated heterocycles. The molecule has 1 rings (SSSR count). The minimum atomic E-state index is -5.05. The van der Waals surface area contributed by atoms with Gasteiger partial charge in [0.1, 0.15) is 29.3 Å². The van der Waals surface area contributed by atoms with E-state index in [4.69, 9.17) is 11.2 Å². The number of hydrogen-bond donors (Lipinski definition) is 3. The summed E-state index contributed by atoms with van der Waals surface area (Å²) < 4.78 is 57.4. The Labute approximate surface area is 136 Å². The van der Waals surface area contributed by atoms with Gasteiger partial charge in [-0.2, -0.15) is 13.2 Å². The van der Waals surface area contributed by atoms with E-state index in [2.05, 4.69) is 11.2 Å². The molecule has 0 aromatic carbocycles. The molecule has 0 saturated carbocycles. The lowest BCUT2D eigenvalue weighted by molar-refractivity contribution is -0.269. The molecule has 0 amide bonds. The molecule has 1 unspecified atom stereocenters. The van der Waals surface area contributed by atoms with Crippen LogP contribution in [0.2, 0.25) is 0 Å².